The quantitative estimate of drug-likeness (QED) is 0.584. The average Bonchev–Trinajstić information content (AvgIpc) is 2.30. The number of halogens is 1. The summed E-state index contributed by atoms with van der Waals surface area (Å²) < 4.78 is 12.6. The molecule has 1 rings (SSSR count). The fourth-order valence-electron chi connectivity index (χ4n) is 0.917. The summed E-state index contributed by atoms with van der Waals surface area (Å²) in [6, 6.07) is 5.37. The van der Waals surface area contributed by atoms with Gasteiger partial charge in [-0.25, -0.2) is 14.2 Å². The molecule has 0 fully saturated rings. The maximum absolute atomic E-state index is 12.6. The molecule has 0 aliphatic rings. The van der Waals surface area contributed by atoms with E-state index in [0.29, 0.717) is 10.9 Å². The zero-order valence-corrected chi connectivity index (χ0v) is 9.77. The summed E-state index contributed by atoms with van der Waals surface area (Å²) in [5.41, 5.74) is 0.585. The number of amidine groups is 1. The standard InChI is InChI=1S/C10H12FN3OS/c1-12-9(15)14-10(16-2)13-8-5-3-7(11)4-6-8/h3-6H,1-2H3,(H2,12,13,14,15). The Hall–Kier alpha value is -1.56. The predicted molar refractivity (Wildman–Crippen MR) is 64.6 cm³/mol. The van der Waals surface area contributed by atoms with E-state index < -0.39 is 0 Å². The Labute approximate surface area is 97.3 Å². The highest BCUT2D eigenvalue weighted by Gasteiger charge is 2.02. The van der Waals surface area contributed by atoms with Crippen LogP contribution >= 0.6 is 11.8 Å². The van der Waals surface area contributed by atoms with E-state index in [-0.39, 0.29) is 11.8 Å². The van der Waals surface area contributed by atoms with Gasteiger partial charge in [0.1, 0.15) is 5.82 Å². The van der Waals surface area contributed by atoms with Gasteiger partial charge >= 0.3 is 6.03 Å². The summed E-state index contributed by atoms with van der Waals surface area (Å²) >= 11 is 1.30. The molecule has 0 atom stereocenters. The Bertz CT molecular complexity index is 392. The van der Waals surface area contributed by atoms with Crippen molar-refractivity contribution in [1.82, 2.24) is 10.6 Å². The summed E-state index contributed by atoms with van der Waals surface area (Å²) in [6.45, 7) is 0. The maximum atomic E-state index is 12.6. The number of rotatable bonds is 1. The first-order valence-corrected chi connectivity index (χ1v) is 5.75. The van der Waals surface area contributed by atoms with Crippen molar-refractivity contribution in [1.29, 1.82) is 0 Å². The molecule has 0 unspecified atom stereocenters. The molecular weight excluding hydrogens is 229 g/mol. The van der Waals surface area contributed by atoms with E-state index in [0.717, 1.165) is 0 Å². The molecule has 0 aliphatic carbocycles. The third-order valence-electron chi connectivity index (χ3n) is 1.70. The molecule has 2 amide bonds. The number of carbonyl (C=O) groups excluding carboxylic acids is 1. The van der Waals surface area contributed by atoms with Gasteiger partial charge in [0.05, 0.1) is 5.69 Å². The monoisotopic (exact) mass is 241 g/mol. The third kappa shape index (κ3) is 3.90. The lowest BCUT2D eigenvalue weighted by atomic mass is 10.3. The molecule has 0 bridgehead atoms. The molecule has 1 aromatic carbocycles. The zero-order valence-electron chi connectivity index (χ0n) is 8.95. The summed E-state index contributed by atoms with van der Waals surface area (Å²) in [6.07, 6.45) is 1.79. The van der Waals surface area contributed by atoms with Gasteiger partial charge < -0.3 is 5.32 Å². The summed E-state index contributed by atoms with van der Waals surface area (Å²) in [5, 5.41) is 5.42. The molecule has 16 heavy (non-hydrogen) atoms. The van der Waals surface area contributed by atoms with Gasteiger partial charge in [-0.3, -0.25) is 5.32 Å². The minimum atomic E-state index is -0.338. The Morgan fingerprint density at radius 3 is 2.50 bits per heavy atom. The summed E-state index contributed by atoms with van der Waals surface area (Å²) in [7, 11) is 1.52. The van der Waals surface area contributed by atoms with Crippen molar-refractivity contribution < 1.29 is 9.18 Å². The second kappa shape index (κ2) is 6.12. The SMILES string of the molecule is CNC(=O)NC(=Nc1ccc(F)cc1)SC. The Morgan fingerprint density at radius 2 is 2.00 bits per heavy atom. The van der Waals surface area contributed by atoms with Crippen LogP contribution in [0.2, 0.25) is 0 Å². The van der Waals surface area contributed by atoms with Crippen LogP contribution in [-0.4, -0.2) is 24.5 Å². The molecule has 0 aromatic heterocycles. The Kier molecular flexibility index (Phi) is 4.78. The first-order valence-electron chi connectivity index (χ1n) is 4.52. The van der Waals surface area contributed by atoms with E-state index in [1.54, 1.807) is 6.26 Å². The van der Waals surface area contributed by atoms with Gasteiger partial charge in [-0.1, -0.05) is 11.8 Å². The van der Waals surface area contributed by atoms with Crippen LogP contribution in [0.25, 0.3) is 0 Å². The van der Waals surface area contributed by atoms with Crippen LogP contribution < -0.4 is 10.6 Å². The highest BCUT2D eigenvalue weighted by Crippen LogP contribution is 2.14. The van der Waals surface area contributed by atoms with Crippen molar-refractivity contribution >= 4 is 28.6 Å². The minimum Gasteiger partial charge on any atom is -0.341 e. The molecule has 0 spiro atoms. The number of benzene rings is 1. The van der Waals surface area contributed by atoms with Gasteiger partial charge in [0.15, 0.2) is 5.17 Å². The van der Waals surface area contributed by atoms with E-state index >= 15 is 0 Å². The van der Waals surface area contributed by atoms with E-state index in [9.17, 15) is 9.18 Å². The number of amides is 2. The summed E-state index contributed by atoms with van der Waals surface area (Å²) in [5.74, 6) is -0.316. The molecule has 86 valence electrons. The number of hydrogen-bond donors (Lipinski definition) is 2. The molecule has 6 heteroatoms. The van der Waals surface area contributed by atoms with Gasteiger partial charge in [0, 0.05) is 7.05 Å². The van der Waals surface area contributed by atoms with E-state index in [1.807, 2.05) is 0 Å². The number of thioether (sulfide) groups is 1. The van der Waals surface area contributed by atoms with Crippen LogP contribution in [0.3, 0.4) is 0 Å². The third-order valence-corrected chi connectivity index (χ3v) is 2.28. The van der Waals surface area contributed by atoms with Crippen molar-refractivity contribution in [2.75, 3.05) is 13.3 Å². The second-order valence-electron chi connectivity index (χ2n) is 2.80. The number of nitrogens with one attached hydrogen (secondary N) is 2. The fraction of sp³-hybridized carbons (Fsp3) is 0.200. The van der Waals surface area contributed by atoms with Crippen molar-refractivity contribution in [3.8, 4) is 0 Å². The van der Waals surface area contributed by atoms with Crippen molar-refractivity contribution in [2.24, 2.45) is 4.99 Å². The highest BCUT2D eigenvalue weighted by molar-refractivity contribution is 8.13. The van der Waals surface area contributed by atoms with Gasteiger partial charge in [-0.05, 0) is 30.5 Å². The lowest BCUT2D eigenvalue weighted by Crippen LogP contribution is -2.35. The lowest BCUT2D eigenvalue weighted by Gasteiger charge is -2.05. The van der Waals surface area contributed by atoms with Crippen LogP contribution in [0.5, 0.6) is 0 Å². The Morgan fingerprint density at radius 1 is 1.38 bits per heavy atom. The first kappa shape index (κ1) is 12.5. The van der Waals surface area contributed by atoms with Crippen molar-refractivity contribution in [2.45, 2.75) is 0 Å². The maximum Gasteiger partial charge on any atom is 0.320 e. The van der Waals surface area contributed by atoms with Crippen LogP contribution in [0, 0.1) is 5.82 Å². The number of aliphatic imine (C=N–C) groups is 1. The largest absolute Gasteiger partial charge is 0.341 e. The normalized spacial score (nSPS) is 11.1. The number of nitrogens with zero attached hydrogens (tertiary/aromatic N) is 1. The minimum absolute atomic E-state index is 0.316. The molecule has 0 heterocycles. The first-order chi connectivity index (χ1) is 7.65. The molecular formula is C10H12FN3OS. The van der Waals surface area contributed by atoms with Crippen LogP contribution in [0.4, 0.5) is 14.9 Å². The van der Waals surface area contributed by atoms with E-state index in [2.05, 4.69) is 15.6 Å². The van der Waals surface area contributed by atoms with Crippen LogP contribution in [0.15, 0.2) is 29.3 Å². The van der Waals surface area contributed by atoms with E-state index in [4.69, 9.17) is 0 Å². The van der Waals surface area contributed by atoms with Crippen molar-refractivity contribution in [3.05, 3.63) is 30.1 Å². The van der Waals surface area contributed by atoms with Crippen LogP contribution in [0.1, 0.15) is 0 Å². The molecule has 4 nitrogen and oxygen atoms in total. The zero-order chi connectivity index (χ0) is 12.0. The number of carbonyl (C=O) groups is 1. The average molecular weight is 241 g/mol. The molecule has 1 aromatic rings. The van der Waals surface area contributed by atoms with E-state index in [1.165, 1.54) is 43.1 Å². The molecule has 0 saturated heterocycles. The van der Waals surface area contributed by atoms with Gasteiger partial charge in [-0.15, -0.1) is 0 Å². The van der Waals surface area contributed by atoms with Gasteiger partial charge in [0.25, 0.3) is 0 Å². The predicted octanol–water partition coefficient (Wildman–Crippen LogP) is 2.11. The van der Waals surface area contributed by atoms with Crippen LogP contribution in [-0.2, 0) is 0 Å². The second-order valence-corrected chi connectivity index (χ2v) is 3.60. The summed E-state index contributed by atoms with van der Waals surface area (Å²) in [4.78, 5) is 15.2. The molecule has 0 radical (unpaired) electrons. The lowest BCUT2D eigenvalue weighted by molar-refractivity contribution is 0.247. The molecule has 0 saturated carbocycles. The van der Waals surface area contributed by atoms with Gasteiger partial charge in [-0.2, -0.15) is 0 Å². The molecule has 2 N–H and O–H groups in total. The van der Waals surface area contributed by atoms with Gasteiger partial charge in [0.2, 0.25) is 0 Å². The van der Waals surface area contributed by atoms with Crippen molar-refractivity contribution in [3.63, 3.8) is 0 Å². The number of urea groups is 1. The number of hydrogen-bond acceptors (Lipinski definition) is 3. The fourth-order valence-corrected chi connectivity index (χ4v) is 1.31. The Balaban J connectivity index is 2.79. The molecule has 0 aliphatic heterocycles. The topological polar surface area (TPSA) is 53.5 Å². The smallest absolute Gasteiger partial charge is 0.320 e. The highest BCUT2D eigenvalue weighted by atomic mass is 32.2.